The number of nitrogen functional groups attached to an aromatic ring is 1. The Labute approximate surface area is 114 Å². The number of aryl methyl sites for hydroxylation is 1. The van der Waals surface area contributed by atoms with Crippen molar-refractivity contribution >= 4 is 17.3 Å². The standard InChI is InChI=1S/C15H22N2O2/c1-8-6-9(7-10(11(8)16)12(18)19)17-13-14(2,3)15(13,4)5/h6-7,13,17H,16H2,1-5H3,(H,18,19). The van der Waals surface area contributed by atoms with Crippen molar-refractivity contribution in [1.29, 1.82) is 0 Å². The minimum absolute atomic E-state index is 0.166. The molecular weight excluding hydrogens is 240 g/mol. The molecular formula is C15H22N2O2. The van der Waals surface area contributed by atoms with Crippen LogP contribution in [0, 0.1) is 17.8 Å². The molecule has 0 amide bonds. The van der Waals surface area contributed by atoms with Crippen LogP contribution in [0.5, 0.6) is 0 Å². The number of benzene rings is 1. The van der Waals surface area contributed by atoms with E-state index in [1.165, 1.54) is 0 Å². The number of nitrogens with two attached hydrogens (primary N) is 1. The Morgan fingerprint density at radius 3 is 2.21 bits per heavy atom. The summed E-state index contributed by atoms with van der Waals surface area (Å²) in [7, 11) is 0. The van der Waals surface area contributed by atoms with E-state index in [9.17, 15) is 4.79 Å². The van der Waals surface area contributed by atoms with Crippen molar-refractivity contribution in [3.05, 3.63) is 23.3 Å². The molecule has 19 heavy (non-hydrogen) atoms. The molecule has 0 bridgehead atoms. The summed E-state index contributed by atoms with van der Waals surface area (Å²) in [5.74, 6) is -0.987. The van der Waals surface area contributed by atoms with Crippen LogP contribution in [0.2, 0.25) is 0 Å². The molecule has 1 aliphatic rings. The summed E-state index contributed by atoms with van der Waals surface area (Å²) in [4.78, 5) is 11.2. The van der Waals surface area contributed by atoms with Crippen LogP contribution in [0.3, 0.4) is 0 Å². The Bertz CT molecular complexity index is 533. The lowest BCUT2D eigenvalue weighted by molar-refractivity contribution is 0.0698. The summed E-state index contributed by atoms with van der Waals surface area (Å²) in [6, 6.07) is 3.87. The summed E-state index contributed by atoms with van der Waals surface area (Å²) < 4.78 is 0. The molecule has 1 fully saturated rings. The van der Waals surface area contributed by atoms with Crippen LogP contribution in [0.1, 0.15) is 43.6 Å². The molecule has 0 atom stereocenters. The maximum Gasteiger partial charge on any atom is 0.337 e. The molecule has 0 heterocycles. The zero-order chi connectivity index (χ0) is 14.6. The minimum atomic E-state index is -0.987. The Morgan fingerprint density at radius 2 is 1.79 bits per heavy atom. The van der Waals surface area contributed by atoms with Crippen LogP contribution in [-0.2, 0) is 0 Å². The van der Waals surface area contributed by atoms with Crippen molar-refractivity contribution in [2.24, 2.45) is 10.8 Å². The molecule has 0 radical (unpaired) electrons. The maximum absolute atomic E-state index is 11.2. The summed E-state index contributed by atoms with van der Waals surface area (Å²) >= 11 is 0. The number of nitrogens with one attached hydrogen (secondary N) is 1. The highest BCUT2D eigenvalue weighted by Gasteiger charge is 2.64. The van der Waals surface area contributed by atoms with Crippen molar-refractivity contribution in [3.63, 3.8) is 0 Å². The second-order valence-corrected chi connectivity index (χ2v) is 6.58. The largest absolute Gasteiger partial charge is 0.478 e. The predicted molar refractivity (Wildman–Crippen MR) is 77.5 cm³/mol. The van der Waals surface area contributed by atoms with Crippen molar-refractivity contribution in [3.8, 4) is 0 Å². The van der Waals surface area contributed by atoms with Crippen molar-refractivity contribution in [1.82, 2.24) is 0 Å². The van der Waals surface area contributed by atoms with Gasteiger partial charge in [0.25, 0.3) is 0 Å². The molecule has 0 saturated heterocycles. The highest BCUT2D eigenvalue weighted by Crippen LogP contribution is 2.63. The second-order valence-electron chi connectivity index (χ2n) is 6.58. The van der Waals surface area contributed by atoms with Crippen LogP contribution < -0.4 is 11.1 Å². The number of rotatable bonds is 3. The van der Waals surface area contributed by atoms with Crippen LogP contribution in [0.25, 0.3) is 0 Å². The topological polar surface area (TPSA) is 75.3 Å². The minimum Gasteiger partial charge on any atom is -0.478 e. The van der Waals surface area contributed by atoms with Gasteiger partial charge in [0.15, 0.2) is 0 Å². The molecule has 1 aliphatic carbocycles. The molecule has 2 rings (SSSR count). The molecule has 104 valence electrons. The van der Waals surface area contributed by atoms with Crippen molar-refractivity contribution < 1.29 is 9.90 Å². The van der Waals surface area contributed by atoms with Gasteiger partial charge in [-0.15, -0.1) is 0 Å². The maximum atomic E-state index is 11.2. The van der Waals surface area contributed by atoms with Crippen molar-refractivity contribution in [2.75, 3.05) is 11.1 Å². The summed E-state index contributed by atoms with van der Waals surface area (Å²) in [5, 5.41) is 12.6. The van der Waals surface area contributed by atoms with Crippen LogP contribution in [0.4, 0.5) is 11.4 Å². The lowest BCUT2D eigenvalue weighted by Crippen LogP contribution is -2.12. The van der Waals surface area contributed by atoms with E-state index in [4.69, 9.17) is 10.8 Å². The van der Waals surface area contributed by atoms with Crippen LogP contribution in [0.15, 0.2) is 12.1 Å². The first-order chi connectivity index (χ1) is 8.59. The fourth-order valence-corrected chi connectivity index (χ4v) is 2.78. The third-order valence-electron chi connectivity index (χ3n) is 4.95. The number of carboxylic acids is 1. The van der Waals surface area contributed by atoms with Gasteiger partial charge in [-0.3, -0.25) is 0 Å². The molecule has 1 saturated carbocycles. The normalized spacial score (nSPS) is 20.1. The SMILES string of the molecule is Cc1cc(NC2C(C)(C)C2(C)C)cc(C(=O)O)c1N. The van der Waals surface area contributed by atoms with Gasteiger partial charge in [-0.1, -0.05) is 27.7 Å². The Balaban J connectivity index is 2.31. The van der Waals surface area contributed by atoms with E-state index in [1.54, 1.807) is 6.07 Å². The van der Waals surface area contributed by atoms with Crippen LogP contribution >= 0.6 is 0 Å². The quantitative estimate of drug-likeness (QED) is 0.732. The Morgan fingerprint density at radius 1 is 1.26 bits per heavy atom. The summed E-state index contributed by atoms with van der Waals surface area (Å²) in [6.07, 6.45) is 0. The molecule has 1 aromatic carbocycles. The number of aromatic carboxylic acids is 1. The zero-order valence-electron chi connectivity index (χ0n) is 12.2. The second kappa shape index (κ2) is 3.89. The van der Waals surface area contributed by atoms with E-state index in [1.807, 2.05) is 13.0 Å². The van der Waals surface area contributed by atoms with Gasteiger partial charge in [-0.25, -0.2) is 4.79 Å². The third-order valence-corrected chi connectivity index (χ3v) is 4.95. The molecule has 1 aromatic rings. The van der Waals surface area contributed by atoms with E-state index in [-0.39, 0.29) is 16.4 Å². The fourth-order valence-electron chi connectivity index (χ4n) is 2.78. The van der Waals surface area contributed by atoms with Gasteiger partial charge in [-0.2, -0.15) is 0 Å². The summed E-state index contributed by atoms with van der Waals surface area (Å²) in [6.45, 7) is 10.7. The van der Waals surface area contributed by atoms with E-state index in [0.717, 1.165) is 11.3 Å². The van der Waals surface area contributed by atoms with Crippen molar-refractivity contribution in [2.45, 2.75) is 40.7 Å². The first kappa shape index (κ1) is 13.7. The number of carbonyl (C=O) groups is 1. The lowest BCUT2D eigenvalue weighted by Gasteiger charge is -2.12. The van der Waals surface area contributed by atoms with E-state index >= 15 is 0 Å². The third kappa shape index (κ3) is 1.95. The molecule has 4 heteroatoms. The number of hydrogen-bond acceptors (Lipinski definition) is 3. The van der Waals surface area contributed by atoms with Gasteiger partial charge in [0.2, 0.25) is 0 Å². The van der Waals surface area contributed by atoms with Crippen LogP contribution in [-0.4, -0.2) is 17.1 Å². The van der Waals surface area contributed by atoms with E-state index in [0.29, 0.717) is 11.7 Å². The van der Waals surface area contributed by atoms with Gasteiger partial charge in [0, 0.05) is 17.4 Å². The van der Waals surface area contributed by atoms with Gasteiger partial charge in [-0.05, 0) is 35.4 Å². The van der Waals surface area contributed by atoms with E-state index < -0.39 is 5.97 Å². The first-order valence-electron chi connectivity index (χ1n) is 6.49. The zero-order valence-corrected chi connectivity index (χ0v) is 12.2. The Hall–Kier alpha value is -1.71. The van der Waals surface area contributed by atoms with Gasteiger partial charge in [0.05, 0.1) is 5.56 Å². The first-order valence-corrected chi connectivity index (χ1v) is 6.49. The smallest absolute Gasteiger partial charge is 0.337 e. The van der Waals surface area contributed by atoms with Gasteiger partial charge in [0.1, 0.15) is 0 Å². The average molecular weight is 262 g/mol. The highest BCUT2D eigenvalue weighted by molar-refractivity contribution is 5.95. The van der Waals surface area contributed by atoms with Gasteiger partial charge >= 0.3 is 5.97 Å². The molecule has 0 aromatic heterocycles. The summed E-state index contributed by atoms with van der Waals surface area (Å²) in [5.41, 5.74) is 8.32. The molecule has 4 nitrogen and oxygen atoms in total. The predicted octanol–water partition coefficient (Wildman–Crippen LogP) is 3.12. The lowest BCUT2D eigenvalue weighted by atomic mass is 10.0. The Kier molecular flexibility index (Phi) is 2.81. The molecule has 0 aliphatic heterocycles. The monoisotopic (exact) mass is 262 g/mol. The number of carboxylic acid groups (broad SMARTS) is 1. The van der Waals surface area contributed by atoms with Gasteiger partial charge < -0.3 is 16.2 Å². The number of hydrogen-bond donors (Lipinski definition) is 3. The molecule has 0 unspecified atom stereocenters. The fraction of sp³-hybridized carbons (Fsp3) is 0.533. The number of anilines is 2. The molecule has 0 spiro atoms. The average Bonchev–Trinajstić information content (AvgIpc) is 2.65. The van der Waals surface area contributed by atoms with E-state index in [2.05, 4.69) is 33.0 Å². The highest BCUT2D eigenvalue weighted by atomic mass is 16.4. The molecule has 4 N–H and O–H groups in total.